The van der Waals surface area contributed by atoms with Crippen molar-refractivity contribution in [2.75, 3.05) is 26.2 Å². The van der Waals surface area contributed by atoms with Crippen molar-refractivity contribution < 1.29 is 4.79 Å². The van der Waals surface area contributed by atoms with Gasteiger partial charge in [-0.1, -0.05) is 50.9 Å². The summed E-state index contributed by atoms with van der Waals surface area (Å²) in [4.78, 5) is 14.8. The lowest BCUT2D eigenvalue weighted by molar-refractivity contribution is -0.135. The summed E-state index contributed by atoms with van der Waals surface area (Å²) in [6, 6.07) is 1.89. The van der Waals surface area contributed by atoms with Gasteiger partial charge in [-0.3, -0.25) is 4.79 Å². The van der Waals surface area contributed by atoms with Crippen LogP contribution in [-0.2, 0) is 4.79 Å². The molecule has 2 heterocycles. The second kappa shape index (κ2) is 9.26. The Morgan fingerprint density at radius 2 is 1.81 bits per heavy atom. The molecular formula is C14H22Cl2N2OS2. The van der Waals surface area contributed by atoms with Crippen LogP contribution in [0.2, 0.25) is 8.67 Å². The van der Waals surface area contributed by atoms with Crippen molar-refractivity contribution in [1.29, 1.82) is 0 Å². The van der Waals surface area contributed by atoms with Gasteiger partial charge in [-0.15, -0.1) is 11.3 Å². The predicted octanol–water partition coefficient (Wildman–Crippen LogP) is 4.89. The molecule has 21 heavy (non-hydrogen) atoms. The Bertz CT molecular complexity index is 458. The standard InChI is InChI=1S/C12H16Cl2N2OS2.C2H6/c1-8(2)12(17)15-3-5-16(6-4-15)19-9-7-10(13)18-11(9)14;1-2/h7-8H,3-6H2,1-2H3;1-2H3. The van der Waals surface area contributed by atoms with E-state index in [1.165, 1.54) is 11.3 Å². The highest BCUT2D eigenvalue weighted by Gasteiger charge is 2.24. The van der Waals surface area contributed by atoms with E-state index in [0.29, 0.717) is 4.34 Å². The maximum atomic E-state index is 11.9. The highest BCUT2D eigenvalue weighted by atomic mass is 35.5. The third kappa shape index (κ3) is 5.64. The molecule has 0 N–H and O–H groups in total. The number of carbonyl (C=O) groups is 1. The van der Waals surface area contributed by atoms with Crippen LogP contribution in [-0.4, -0.2) is 41.3 Å². The maximum absolute atomic E-state index is 11.9. The van der Waals surface area contributed by atoms with Gasteiger partial charge in [0.1, 0.15) is 4.34 Å². The van der Waals surface area contributed by atoms with Gasteiger partial charge >= 0.3 is 0 Å². The Morgan fingerprint density at radius 1 is 1.24 bits per heavy atom. The number of hydrogen-bond donors (Lipinski definition) is 0. The Morgan fingerprint density at radius 3 is 2.24 bits per heavy atom. The van der Waals surface area contributed by atoms with Crippen molar-refractivity contribution >= 4 is 52.4 Å². The monoisotopic (exact) mass is 368 g/mol. The van der Waals surface area contributed by atoms with Crippen LogP contribution in [0.5, 0.6) is 0 Å². The average molecular weight is 369 g/mol. The summed E-state index contributed by atoms with van der Waals surface area (Å²) in [5.41, 5.74) is 0. The second-order valence-corrected chi connectivity index (χ2v) is 8.11. The highest BCUT2D eigenvalue weighted by Crippen LogP contribution is 2.39. The van der Waals surface area contributed by atoms with Crippen LogP contribution in [0.4, 0.5) is 0 Å². The molecule has 0 unspecified atom stereocenters. The van der Waals surface area contributed by atoms with Gasteiger partial charge < -0.3 is 4.90 Å². The summed E-state index contributed by atoms with van der Waals surface area (Å²) in [6.07, 6.45) is 0. The fourth-order valence-corrected chi connectivity index (χ4v) is 4.51. The summed E-state index contributed by atoms with van der Waals surface area (Å²) in [5, 5.41) is 0. The molecular weight excluding hydrogens is 347 g/mol. The lowest BCUT2D eigenvalue weighted by atomic mass is 10.2. The zero-order valence-corrected chi connectivity index (χ0v) is 16.0. The quantitative estimate of drug-likeness (QED) is 0.709. The minimum atomic E-state index is 0.0735. The van der Waals surface area contributed by atoms with Crippen molar-refractivity contribution in [2.24, 2.45) is 5.92 Å². The van der Waals surface area contributed by atoms with Crippen molar-refractivity contribution in [3.63, 3.8) is 0 Å². The van der Waals surface area contributed by atoms with Crippen LogP contribution in [0.25, 0.3) is 0 Å². The number of hydrogen-bond acceptors (Lipinski definition) is 4. The maximum Gasteiger partial charge on any atom is 0.225 e. The van der Waals surface area contributed by atoms with E-state index >= 15 is 0 Å². The van der Waals surface area contributed by atoms with Gasteiger partial charge in [0, 0.05) is 32.1 Å². The normalized spacial score (nSPS) is 15.9. The molecule has 0 bridgehead atoms. The molecule has 0 spiro atoms. The van der Waals surface area contributed by atoms with E-state index in [0.717, 1.165) is 35.4 Å². The topological polar surface area (TPSA) is 23.6 Å². The van der Waals surface area contributed by atoms with E-state index in [9.17, 15) is 4.79 Å². The van der Waals surface area contributed by atoms with E-state index in [1.807, 2.05) is 38.7 Å². The first kappa shape index (κ1) is 19.1. The van der Waals surface area contributed by atoms with E-state index in [4.69, 9.17) is 23.2 Å². The summed E-state index contributed by atoms with van der Waals surface area (Å²) < 4.78 is 3.67. The number of amides is 1. The van der Waals surface area contributed by atoms with Crippen LogP contribution in [0.3, 0.4) is 0 Å². The van der Waals surface area contributed by atoms with Gasteiger partial charge in [0.25, 0.3) is 0 Å². The molecule has 120 valence electrons. The first-order valence-electron chi connectivity index (χ1n) is 7.14. The van der Waals surface area contributed by atoms with Crippen molar-refractivity contribution in [1.82, 2.24) is 9.21 Å². The largest absolute Gasteiger partial charge is 0.340 e. The second-order valence-electron chi connectivity index (χ2n) is 4.69. The summed E-state index contributed by atoms with van der Waals surface area (Å²) >= 11 is 15.0. The van der Waals surface area contributed by atoms with E-state index in [-0.39, 0.29) is 11.8 Å². The minimum Gasteiger partial charge on any atom is -0.340 e. The van der Waals surface area contributed by atoms with Crippen molar-refractivity contribution in [2.45, 2.75) is 32.6 Å². The van der Waals surface area contributed by atoms with Gasteiger partial charge in [-0.25, -0.2) is 4.31 Å². The molecule has 1 saturated heterocycles. The summed E-state index contributed by atoms with van der Waals surface area (Å²) in [7, 11) is 0. The average Bonchev–Trinajstić information content (AvgIpc) is 2.79. The smallest absolute Gasteiger partial charge is 0.225 e. The molecule has 3 nitrogen and oxygen atoms in total. The van der Waals surface area contributed by atoms with Gasteiger partial charge in [0.05, 0.1) is 9.23 Å². The van der Waals surface area contributed by atoms with Gasteiger partial charge in [-0.2, -0.15) is 0 Å². The number of nitrogens with zero attached hydrogens (tertiary/aromatic N) is 2. The number of rotatable bonds is 3. The van der Waals surface area contributed by atoms with Crippen molar-refractivity contribution in [3.8, 4) is 0 Å². The van der Waals surface area contributed by atoms with Crippen LogP contribution < -0.4 is 0 Å². The zero-order valence-electron chi connectivity index (χ0n) is 12.9. The number of piperazine rings is 1. The first-order chi connectivity index (χ1) is 9.97. The molecule has 0 atom stereocenters. The highest BCUT2D eigenvalue weighted by molar-refractivity contribution is 7.97. The Labute approximate surface area is 145 Å². The van der Waals surface area contributed by atoms with Crippen LogP contribution >= 0.6 is 46.5 Å². The van der Waals surface area contributed by atoms with Crippen LogP contribution in [0.15, 0.2) is 11.0 Å². The van der Waals surface area contributed by atoms with Crippen molar-refractivity contribution in [3.05, 3.63) is 14.7 Å². The molecule has 0 saturated carbocycles. The third-order valence-electron chi connectivity index (χ3n) is 2.90. The lowest BCUT2D eigenvalue weighted by Crippen LogP contribution is -2.47. The Kier molecular flexibility index (Phi) is 8.42. The Balaban J connectivity index is 0.00000106. The molecule has 1 aromatic heterocycles. The first-order valence-corrected chi connectivity index (χ1v) is 9.48. The molecule has 0 aromatic carbocycles. The molecule has 1 fully saturated rings. The van der Waals surface area contributed by atoms with E-state index in [1.54, 1.807) is 11.9 Å². The lowest BCUT2D eigenvalue weighted by Gasteiger charge is -2.34. The van der Waals surface area contributed by atoms with Gasteiger partial charge in [-0.05, 0) is 18.0 Å². The van der Waals surface area contributed by atoms with E-state index < -0.39 is 0 Å². The molecule has 1 aromatic rings. The predicted molar refractivity (Wildman–Crippen MR) is 94.5 cm³/mol. The molecule has 1 aliphatic rings. The molecule has 0 radical (unpaired) electrons. The fourth-order valence-electron chi connectivity index (χ4n) is 1.89. The molecule has 1 amide bonds. The van der Waals surface area contributed by atoms with Gasteiger partial charge in [0.15, 0.2) is 0 Å². The SMILES string of the molecule is CC.CC(C)C(=O)N1CCN(Sc2cc(Cl)sc2Cl)CC1. The fraction of sp³-hybridized carbons (Fsp3) is 0.643. The van der Waals surface area contributed by atoms with E-state index in [2.05, 4.69) is 4.31 Å². The third-order valence-corrected chi connectivity index (χ3v) is 5.77. The minimum absolute atomic E-state index is 0.0735. The molecule has 7 heteroatoms. The van der Waals surface area contributed by atoms with Crippen LogP contribution in [0, 0.1) is 5.92 Å². The molecule has 0 aliphatic carbocycles. The summed E-state index contributed by atoms with van der Waals surface area (Å²) in [6.45, 7) is 11.1. The molecule has 1 aliphatic heterocycles. The number of thiophene rings is 1. The molecule has 2 rings (SSSR count). The number of halogens is 2. The summed E-state index contributed by atoms with van der Waals surface area (Å²) in [5.74, 6) is 0.311. The van der Waals surface area contributed by atoms with Gasteiger partial charge in [0.2, 0.25) is 5.91 Å². The zero-order chi connectivity index (χ0) is 16.0. The van der Waals surface area contributed by atoms with Crippen LogP contribution in [0.1, 0.15) is 27.7 Å². The number of carbonyl (C=O) groups excluding carboxylic acids is 1. The Hall–Kier alpha value is 0.0600.